The summed E-state index contributed by atoms with van der Waals surface area (Å²) >= 11 is 3.33. The van der Waals surface area contributed by atoms with Gasteiger partial charge in [-0.3, -0.25) is 4.79 Å². The summed E-state index contributed by atoms with van der Waals surface area (Å²) in [5.74, 6) is 0.134. The van der Waals surface area contributed by atoms with Gasteiger partial charge >= 0.3 is 0 Å². The van der Waals surface area contributed by atoms with Crippen LogP contribution < -0.4 is 0 Å². The number of piperidine rings is 2. The molecule has 1 aromatic rings. The van der Waals surface area contributed by atoms with E-state index in [0.717, 1.165) is 36.1 Å². The van der Waals surface area contributed by atoms with Crippen LogP contribution >= 0.6 is 15.9 Å². The maximum Gasteiger partial charge on any atom is 0.254 e. The predicted octanol–water partition coefficient (Wildman–Crippen LogP) is 2.93. The average molecular weight is 352 g/mol. The fraction of sp³-hybridized carbons (Fsp3) is 0.625. The van der Waals surface area contributed by atoms with Crippen LogP contribution in [0.3, 0.4) is 0 Å². The molecule has 1 amide bonds. The number of likely N-dealkylation sites (tertiary alicyclic amines) is 2. The number of aromatic nitrogens is 1. The van der Waals surface area contributed by atoms with Crippen molar-refractivity contribution in [2.45, 2.75) is 38.1 Å². The number of hydrogen-bond acceptors (Lipinski definition) is 3. The second kappa shape index (κ2) is 6.88. The molecule has 3 heterocycles. The highest BCUT2D eigenvalue weighted by Crippen LogP contribution is 2.22. The van der Waals surface area contributed by atoms with Gasteiger partial charge in [0.05, 0.1) is 0 Å². The number of carbonyl (C=O) groups excluding carboxylic acids is 1. The number of pyridine rings is 1. The lowest BCUT2D eigenvalue weighted by Gasteiger charge is -2.40. The monoisotopic (exact) mass is 351 g/mol. The van der Waals surface area contributed by atoms with Gasteiger partial charge in [0.15, 0.2) is 0 Å². The van der Waals surface area contributed by atoms with Crippen LogP contribution in [0.25, 0.3) is 0 Å². The lowest BCUT2D eigenvalue weighted by Crippen LogP contribution is -2.48. The van der Waals surface area contributed by atoms with E-state index in [0.29, 0.717) is 6.04 Å². The summed E-state index contributed by atoms with van der Waals surface area (Å²) in [7, 11) is 0. The predicted molar refractivity (Wildman–Crippen MR) is 86.3 cm³/mol. The first-order chi connectivity index (χ1) is 10.2. The topological polar surface area (TPSA) is 36.4 Å². The quantitative estimate of drug-likeness (QED) is 0.768. The summed E-state index contributed by atoms with van der Waals surface area (Å²) in [5, 5.41) is 0. The minimum atomic E-state index is 0.134. The van der Waals surface area contributed by atoms with Gasteiger partial charge < -0.3 is 9.80 Å². The molecule has 4 nitrogen and oxygen atoms in total. The average Bonchev–Trinajstić information content (AvgIpc) is 2.55. The van der Waals surface area contributed by atoms with Crippen molar-refractivity contribution >= 4 is 21.8 Å². The molecule has 21 heavy (non-hydrogen) atoms. The standard InChI is InChI=1S/C16H22BrN3O/c17-15-12-13(4-7-18-15)16(21)20-10-5-14(6-11-20)19-8-2-1-3-9-19/h4,7,12,14H,1-3,5-6,8-11H2. The number of carbonyl (C=O) groups is 1. The first-order valence-corrected chi connectivity index (χ1v) is 8.68. The normalized spacial score (nSPS) is 21.5. The number of halogens is 1. The second-order valence-electron chi connectivity index (χ2n) is 5.99. The Morgan fingerprint density at radius 2 is 1.86 bits per heavy atom. The van der Waals surface area contributed by atoms with Gasteiger partial charge in [0.2, 0.25) is 0 Å². The van der Waals surface area contributed by atoms with E-state index in [1.807, 2.05) is 4.90 Å². The highest BCUT2D eigenvalue weighted by Gasteiger charge is 2.28. The summed E-state index contributed by atoms with van der Waals surface area (Å²) in [6.07, 6.45) is 7.95. The Balaban J connectivity index is 1.56. The van der Waals surface area contributed by atoms with Crippen LogP contribution in [0.5, 0.6) is 0 Å². The summed E-state index contributed by atoms with van der Waals surface area (Å²) in [5.41, 5.74) is 0.730. The third-order valence-electron chi connectivity index (χ3n) is 4.63. The zero-order valence-corrected chi connectivity index (χ0v) is 13.9. The first-order valence-electron chi connectivity index (χ1n) is 7.89. The van der Waals surface area contributed by atoms with Crippen molar-refractivity contribution in [2.24, 2.45) is 0 Å². The molecule has 0 unspecified atom stereocenters. The van der Waals surface area contributed by atoms with Crippen molar-refractivity contribution in [3.05, 3.63) is 28.5 Å². The zero-order valence-electron chi connectivity index (χ0n) is 12.3. The molecule has 2 saturated heterocycles. The second-order valence-corrected chi connectivity index (χ2v) is 6.80. The summed E-state index contributed by atoms with van der Waals surface area (Å²) in [6, 6.07) is 4.28. The molecule has 0 bridgehead atoms. The molecular formula is C16H22BrN3O. The fourth-order valence-electron chi connectivity index (χ4n) is 3.44. The largest absolute Gasteiger partial charge is 0.339 e. The Kier molecular flexibility index (Phi) is 4.91. The van der Waals surface area contributed by atoms with Crippen LogP contribution in [0.15, 0.2) is 22.9 Å². The summed E-state index contributed by atoms with van der Waals surface area (Å²) in [4.78, 5) is 21.2. The van der Waals surface area contributed by atoms with E-state index in [4.69, 9.17) is 0 Å². The molecule has 0 atom stereocenters. The molecule has 0 saturated carbocycles. The number of nitrogens with zero attached hydrogens (tertiary/aromatic N) is 3. The minimum absolute atomic E-state index is 0.134. The van der Waals surface area contributed by atoms with Crippen molar-refractivity contribution in [3.63, 3.8) is 0 Å². The molecule has 2 aliphatic rings. The van der Waals surface area contributed by atoms with E-state index in [2.05, 4.69) is 25.8 Å². The molecule has 5 heteroatoms. The highest BCUT2D eigenvalue weighted by molar-refractivity contribution is 9.10. The molecule has 3 rings (SSSR count). The Hall–Kier alpha value is -0.940. The van der Waals surface area contributed by atoms with Crippen LogP contribution in [0.1, 0.15) is 42.5 Å². The van der Waals surface area contributed by atoms with Gasteiger partial charge in [-0.2, -0.15) is 0 Å². The Labute approximate surface area is 134 Å². The van der Waals surface area contributed by atoms with Gasteiger partial charge in [-0.05, 0) is 66.8 Å². The Bertz CT molecular complexity index is 494. The molecule has 0 aliphatic carbocycles. The molecular weight excluding hydrogens is 330 g/mol. The molecule has 0 aromatic carbocycles. The molecule has 114 valence electrons. The SMILES string of the molecule is O=C(c1ccnc(Br)c1)N1CCC(N2CCCCC2)CC1. The highest BCUT2D eigenvalue weighted by atomic mass is 79.9. The molecule has 2 fully saturated rings. The van der Waals surface area contributed by atoms with E-state index >= 15 is 0 Å². The lowest BCUT2D eigenvalue weighted by atomic mass is 9.99. The molecule has 0 N–H and O–H groups in total. The molecule has 0 radical (unpaired) electrons. The maximum atomic E-state index is 12.5. The third-order valence-corrected chi connectivity index (χ3v) is 5.07. The van der Waals surface area contributed by atoms with Crippen molar-refractivity contribution in [1.29, 1.82) is 0 Å². The van der Waals surface area contributed by atoms with Gasteiger partial charge in [-0.15, -0.1) is 0 Å². The molecule has 1 aromatic heterocycles. The summed E-state index contributed by atoms with van der Waals surface area (Å²) < 4.78 is 0.719. The van der Waals surface area contributed by atoms with E-state index in [1.54, 1.807) is 18.3 Å². The van der Waals surface area contributed by atoms with E-state index < -0.39 is 0 Å². The van der Waals surface area contributed by atoms with Gasteiger partial charge in [-0.25, -0.2) is 4.98 Å². The van der Waals surface area contributed by atoms with Crippen LogP contribution in [0.4, 0.5) is 0 Å². The van der Waals surface area contributed by atoms with Crippen LogP contribution in [0, 0.1) is 0 Å². The fourth-order valence-corrected chi connectivity index (χ4v) is 3.80. The Morgan fingerprint density at radius 1 is 1.14 bits per heavy atom. The van der Waals surface area contributed by atoms with E-state index in [9.17, 15) is 4.79 Å². The maximum absolute atomic E-state index is 12.5. The number of hydrogen-bond donors (Lipinski definition) is 0. The summed E-state index contributed by atoms with van der Waals surface area (Å²) in [6.45, 7) is 4.24. The van der Waals surface area contributed by atoms with Crippen molar-refractivity contribution < 1.29 is 4.79 Å². The van der Waals surface area contributed by atoms with Crippen molar-refractivity contribution in [2.75, 3.05) is 26.2 Å². The molecule has 2 aliphatic heterocycles. The number of rotatable bonds is 2. The van der Waals surface area contributed by atoms with Gasteiger partial charge in [0, 0.05) is 30.9 Å². The van der Waals surface area contributed by atoms with Crippen molar-refractivity contribution in [1.82, 2.24) is 14.8 Å². The molecule has 0 spiro atoms. The third kappa shape index (κ3) is 3.64. The minimum Gasteiger partial charge on any atom is -0.339 e. The van der Waals surface area contributed by atoms with Gasteiger partial charge in [0.25, 0.3) is 5.91 Å². The van der Waals surface area contributed by atoms with Crippen molar-refractivity contribution in [3.8, 4) is 0 Å². The Morgan fingerprint density at radius 3 is 2.52 bits per heavy atom. The van der Waals surface area contributed by atoms with Gasteiger partial charge in [-0.1, -0.05) is 6.42 Å². The first kappa shape index (κ1) is 15.0. The smallest absolute Gasteiger partial charge is 0.254 e. The van der Waals surface area contributed by atoms with E-state index in [1.165, 1.54) is 32.4 Å². The lowest BCUT2D eigenvalue weighted by molar-refractivity contribution is 0.0590. The number of amides is 1. The van der Waals surface area contributed by atoms with Crippen LogP contribution in [-0.2, 0) is 0 Å². The zero-order chi connectivity index (χ0) is 14.7. The van der Waals surface area contributed by atoms with Crippen LogP contribution in [-0.4, -0.2) is 52.9 Å². The van der Waals surface area contributed by atoms with E-state index in [-0.39, 0.29) is 5.91 Å². The van der Waals surface area contributed by atoms with Crippen LogP contribution in [0.2, 0.25) is 0 Å². The van der Waals surface area contributed by atoms with Gasteiger partial charge in [0.1, 0.15) is 4.60 Å².